The van der Waals surface area contributed by atoms with Gasteiger partial charge in [0.1, 0.15) is 0 Å². The molecule has 0 radical (unpaired) electrons. The van der Waals surface area contributed by atoms with Crippen LogP contribution in [-0.4, -0.2) is 29.7 Å². The first-order chi connectivity index (χ1) is 9.00. The molecule has 0 atom stereocenters. The molecule has 0 amide bonds. The van der Waals surface area contributed by atoms with Crippen LogP contribution in [0.3, 0.4) is 0 Å². The fourth-order valence-corrected chi connectivity index (χ4v) is 2.70. The SMILES string of the molecule is CN(Cc1cccnc1)S(=O)(=O)c1ccc(=O)[nH]c1. The van der Waals surface area contributed by atoms with Crippen LogP contribution in [0.5, 0.6) is 0 Å². The molecule has 0 bridgehead atoms. The number of rotatable bonds is 4. The number of nitrogens with zero attached hydrogens (tertiary/aromatic N) is 2. The van der Waals surface area contributed by atoms with Crippen LogP contribution in [0.1, 0.15) is 5.56 Å². The van der Waals surface area contributed by atoms with E-state index in [1.54, 1.807) is 24.5 Å². The summed E-state index contributed by atoms with van der Waals surface area (Å²) in [5.74, 6) is 0. The number of hydrogen-bond acceptors (Lipinski definition) is 4. The zero-order valence-corrected chi connectivity index (χ0v) is 11.1. The van der Waals surface area contributed by atoms with E-state index in [2.05, 4.69) is 9.97 Å². The van der Waals surface area contributed by atoms with E-state index >= 15 is 0 Å². The molecule has 2 heterocycles. The molecule has 6 nitrogen and oxygen atoms in total. The Morgan fingerprint density at radius 3 is 2.68 bits per heavy atom. The summed E-state index contributed by atoms with van der Waals surface area (Å²) in [6, 6.07) is 6.01. The third kappa shape index (κ3) is 3.07. The third-order valence-electron chi connectivity index (χ3n) is 2.59. The van der Waals surface area contributed by atoms with Gasteiger partial charge in [-0.3, -0.25) is 9.78 Å². The Morgan fingerprint density at radius 2 is 2.11 bits per heavy atom. The van der Waals surface area contributed by atoms with E-state index in [0.29, 0.717) is 0 Å². The van der Waals surface area contributed by atoms with E-state index in [1.165, 1.54) is 29.7 Å². The summed E-state index contributed by atoms with van der Waals surface area (Å²) in [5.41, 5.74) is 0.451. The summed E-state index contributed by atoms with van der Waals surface area (Å²) >= 11 is 0. The van der Waals surface area contributed by atoms with Crippen molar-refractivity contribution in [2.24, 2.45) is 0 Å². The van der Waals surface area contributed by atoms with E-state index < -0.39 is 10.0 Å². The minimum absolute atomic E-state index is 0.0542. The van der Waals surface area contributed by atoms with Crippen LogP contribution in [0.15, 0.2) is 52.5 Å². The van der Waals surface area contributed by atoms with Crippen LogP contribution in [0, 0.1) is 0 Å². The maximum atomic E-state index is 12.2. The van der Waals surface area contributed by atoms with Crippen LogP contribution in [0.4, 0.5) is 0 Å². The van der Waals surface area contributed by atoms with Gasteiger partial charge in [-0.2, -0.15) is 4.31 Å². The van der Waals surface area contributed by atoms with Gasteiger partial charge in [-0.05, 0) is 17.7 Å². The molecule has 0 saturated carbocycles. The van der Waals surface area contributed by atoms with Crippen molar-refractivity contribution >= 4 is 10.0 Å². The van der Waals surface area contributed by atoms with Gasteiger partial charge in [0.05, 0.1) is 4.90 Å². The Hall–Kier alpha value is -1.99. The minimum Gasteiger partial charge on any atom is -0.328 e. The summed E-state index contributed by atoms with van der Waals surface area (Å²) in [6.07, 6.45) is 4.43. The third-order valence-corrected chi connectivity index (χ3v) is 4.39. The van der Waals surface area contributed by atoms with E-state index in [9.17, 15) is 13.2 Å². The molecule has 2 aromatic heterocycles. The first-order valence-corrected chi connectivity index (χ1v) is 6.98. The number of aromatic nitrogens is 2. The van der Waals surface area contributed by atoms with Crippen LogP contribution in [0.2, 0.25) is 0 Å². The Kier molecular flexibility index (Phi) is 3.77. The normalized spacial score (nSPS) is 11.7. The minimum atomic E-state index is -3.62. The Morgan fingerprint density at radius 1 is 1.32 bits per heavy atom. The second kappa shape index (κ2) is 5.33. The van der Waals surface area contributed by atoms with Gasteiger partial charge >= 0.3 is 0 Å². The molecular formula is C12H13N3O3S. The van der Waals surface area contributed by atoms with Crippen molar-refractivity contribution in [1.82, 2.24) is 14.3 Å². The van der Waals surface area contributed by atoms with Gasteiger partial charge in [-0.15, -0.1) is 0 Å². The van der Waals surface area contributed by atoms with Crippen LogP contribution in [-0.2, 0) is 16.6 Å². The van der Waals surface area contributed by atoms with Crippen LogP contribution < -0.4 is 5.56 Å². The molecule has 7 heteroatoms. The smallest absolute Gasteiger partial charge is 0.247 e. The lowest BCUT2D eigenvalue weighted by Gasteiger charge is -2.16. The van der Waals surface area contributed by atoms with E-state index in [4.69, 9.17) is 0 Å². The van der Waals surface area contributed by atoms with E-state index in [-0.39, 0.29) is 17.0 Å². The van der Waals surface area contributed by atoms with Gasteiger partial charge in [-0.1, -0.05) is 6.07 Å². The molecule has 0 aliphatic rings. The molecule has 0 saturated heterocycles. The molecule has 0 aromatic carbocycles. The summed E-state index contributed by atoms with van der Waals surface area (Å²) in [6.45, 7) is 0.218. The molecule has 19 heavy (non-hydrogen) atoms. The van der Waals surface area contributed by atoms with Crippen LogP contribution >= 0.6 is 0 Å². The highest BCUT2D eigenvalue weighted by Crippen LogP contribution is 2.14. The first-order valence-electron chi connectivity index (χ1n) is 5.54. The largest absolute Gasteiger partial charge is 0.328 e. The predicted octanol–water partition coefficient (Wildman–Crippen LogP) is 0.591. The molecule has 0 fully saturated rings. The number of aromatic amines is 1. The lowest BCUT2D eigenvalue weighted by molar-refractivity contribution is 0.466. The quantitative estimate of drug-likeness (QED) is 0.888. The fourth-order valence-electron chi connectivity index (χ4n) is 1.57. The van der Waals surface area contributed by atoms with Crippen molar-refractivity contribution in [1.29, 1.82) is 0 Å². The molecule has 0 unspecified atom stereocenters. The first kappa shape index (κ1) is 13.4. The summed E-state index contributed by atoms with van der Waals surface area (Å²) in [5, 5.41) is 0. The van der Waals surface area contributed by atoms with Gasteiger partial charge < -0.3 is 4.98 Å². The van der Waals surface area contributed by atoms with Gasteiger partial charge in [0, 0.05) is 38.2 Å². The molecule has 100 valence electrons. The highest BCUT2D eigenvalue weighted by atomic mass is 32.2. The number of nitrogens with one attached hydrogen (secondary N) is 1. The average molecular weight is 279 g/mol. The number of hydrogen-bond donors (Lipinski definition) is 1. The van der Waals surface area contributed by atoms with Crippen molar-refractivity contribution in [3.63, 3.8) is 0 Å². The summed E-state index contributed by atoms with van der Waals surface area (Å²) in [7, 11) is -2.14. The van der Waals surface area contributed by atoms with Crippen molar-refractivity contribution in [3.05, 3.63) is 58.8 Å². The second-order valence-electron chi connectivity index (χ2n) is 4.01. The van der Waals surface area contributed by atoms with Gasteiger partial charge in [0.2, 0.25) is 15.6 Å². The molecule has 0 aliphatic carbocycles. The number of sulfonamides is 1. The monoisotopic (exact) mass is 279 g/mol. The summed E-state index contributed by atoms with van der Waals surface area (Å²) in [4.78, 5) is 17.3. The van der Waals surface area contributed by atoms with Gasteiger partial charge in [0.15, 0.2) is 0 Å². The van der Waals surface area contributed by atoms with Crippen molar-refractivity contribution in [2.75, 3.05) is 7.05 Å². The fraction of sp³-hybridized carbons (Fsp3) is 0.167. The van der Waals surface area contributed by atoms with E-state index in [0.717, 1.165) is 5.56 Å². The Bertz CT molecular complexity index is 690. The number of H-pyrrole nitrogens is 1. The Labute approximate surface area is 110 Å². The number of pyridine rings is 2. The maximum Gasteiger partial charge on any atom is 0.247 e. The molecule has 1 N–H and O–H groups in total. The molecular weight excluding hydrogens is 266 g/mol. The molecule has 2 rings (SSSR count). The Balaban J connectivity index is 2.24. The van der Waals surface area contributed by atoms with Crippen molar-refractivity contribution in [2.45, 2.75) is 11.4 Å². The van der Waals surface area contributed by atoms with Gasteiger partial charge in [-0.25, -0.2) is 8.42 Å². The zero-order chi connectivity index (χ0) is 13.9. The lowest BCUT2D eigenvalue weighted by atomic mass is 10.3. The molecule has 2 aromatic rings. The molecule has 0 spiro atoms. The lowest BCUT2D eigenvalue weighted by Crippen LogP contribution is -2.27. The topological polar surface area (TPSA) is 83.1 Å². The van der Waals surface area contributed by atoms with Crippen molar-refractivity contribution < 1.29 is 8.42 Å². The van der Waals surface area contributed by atoms with Gasteiger partial charge in [0.25, 0.3) is 0 Å². The van der Waals surface area contributed by atoms with Crippen LogP contribution in [0.25, 0.3) is 0 Å². The second-order valence-corrected chi connectivity index (χ2v) is 6.06. The maximum absolute atomic E-state index is 12.2. The standard InChI is InChI=1S/C12H13N3O3S/c1-15(9-10-3-2-6-13-7-10)19(17,18)11-4-5-12(16)14-8-11/h2-8H,9H2,1H3,(H,14,16). The average Bonchev–Trinajstić information content (AvgIpc) is 2.40. The highest BCUT2D eigenvalue weighted by Gasteiger charge is 2.20. The molecule has 0 aliphatic heterocycles. The summed E-state index contributed by atoms with van der Waals surface area (Å²) < 4.78 is 25.7. The predicted molar refractivity (Wildman–Crippen MR) is 70.0 cm³/mol. The zero-order valence-electron chi connectivity index (χ0n) is 10.3. The van der Waals surface area contributed by atoms with Crippen molar-refractivity contribution in [3.8, 4) is 0 Å². The van der Waals surface area contributed by atoms with E-state index in [1.807, 2.05) is 0 Å². The highest BCUT2D eigenvalue weighted by molar-refractivity contribution is 7.89.